The highest BCUT2D eigenvalue weighted by molar-refractivity contribution is 6.35. The number of furan rings is 1. The van der Waals surface area contributed by atoms with Gasteiger partial charge in [0.1, 0.15) is 11.3 Å². The molecule has 5 rings (SSSR count). The largest absolute Gasteiger partial charge is 0.459 e. The second-order valence-corrected chi connectivity index (χ2v) is 10.2. The molecule has 1 aliphatic carbocycles. The van der Waals surface area contributed by atoms with Crippen LogP contribution in [0.2, 0.25) is 5.02 Å². The highest BCUT2D eigenvalue weighted by Crippen LogP contribution is 2.49. The van der Waals surface area contributed by atoms with Crippen LogP contribution in [0, 0.1) is 0 Å². The van der Waals surface area contributed by atoms with Crippen LogP contribution in [0.4, 0.5) is 10.5 Å². The average molecular weight is 489 g/mol. The predicted octanol–water partition coefficient (Wildman–Crippen LogP) is 5.90. The summed E-state index contributed by atoms with van der Waals surface area (Å²) in [5.41, 5.74) is 2.05. The first-order valence-electron chi connectivity index (χ1n) is 12.7. The van der Waals surface area contributed by atoms with Crippen molar-refractivity contribution in [2.75, 3.05) is 11.9 Å². The maximum atomic E-state index is 12.5. The standard InChI is InChI=1S/C24H31ClN4O3.C2H6/c1-14(2)29(12-16-6-7-19(30)26-16)13-17-10-15-11-18(25)21-20(22(15)32-17)24(28-23(31)27-21)8-4-3-5-9-24;1-2/h10-11,14,16H,3-9,12-13H2,1-2H3,(H,26,30)(H2,27,28,31);1-2H3. The fraction of sp³-hybridized carbons (Fsp3) is 0.615. The number of rotatable bonds is 5. The summed E-state index contributed by atoms with van der Waals surface area (Å²) in [5, 5.41) is 10.7. The predicted molar refractivity (Wildman–Crippen MR) is 136 cm³/mol. The first-order valence-corrected chi connectivity index (χ1v) is 13.1. The topological polar surface area (TPSA) is 86.6 Å². The van der Waals surface area contributed by atoms with Gasteiger partial charge in [-0.15, -0.1) is 0 Å². The van der Waals surface area contributed by atoms with Gasteiger partial charge in [-0.25, -0.2) is 4.79 Å². The molecule has 1 saturated heterocycles. The van der Waals surface area contributed by atoms with Gasteiger partial charge in [-0.2, -0.15) is 0 Å². The first-order chi connectivity index (χ1) is 16.3. The Balaban J connectivity index is 0.00000133. The summed E-state index contributed by atoms with van der Waals surface area (Å²) in [6, 6.07) is 4.25. The number of benzene rings is 1. The van der Waals surface area contributed by atoms with Gasteiger partial charge in [0.25, 0.3) is 0 Å². The third kappa shape index (κ3) is 4.78. The summed E-state index contributed by atoms with van der Waals surface area (Å²) in [4.78, 5) is 26.4. The number of nitrogens with zero attached hydrogens (tertiary/aromatic N) is 1. The molecule has 1 unspecified atom stereocenters. The Hall–Kier alpha value is -2.25. The Morgan fingerprint density at radius 2 is 1.91 bits per heavy atom. The molecule has 8 heteroatoms. The summed E-state index contributed by atoms with van der Waals surface area (Å²) in [5.74, 6) is 1.00. The van der Waals surface area contributed by atoms with Crippen molar-refractivity contribution in [3.63, 3.8) is 0 Å². The number of fused-ring (bicyclic) bond motifs is 4. The molecule has 1 atom stereocenters. The maximum absolute atomic E-state index is 12.5. The molecule has 3 N–H and O–H groups in total. The number of hydrogen-bond acceptors (Lipinski definition) is 4. The van der Waals surface area contributed by atoms with E-state index in [0.717, 1.165) is 60.9 Å². The minimum absolute atomic E-state index is 0.135. The number of urea groups is 1. The van der Waals surface area contributed by atoms with Crippen LogP contribution in [0.25, 0.3) is 11.0 Å². The van der Waals surface area contributed by atoms with Crippen LogP contribution in [0.1, 0.15) is 84.0 Å². The summed E-state index contributed by atoms with van der Waals surface area (Å²) in [7, 11) is 0. The zero-order valence-electron chi connectivity index (χ0n) is 20.7. The van der Waals surface area contributed by atoms with E-state index in [1.807, 2.05) is 19.9 Å². The minimum Gasteiger partial charge on any atom is -0.459 e. The molecule has 3 amide bonds. The molecule has 1 aromatic heterocycles. The van der Waals surface area contributed by atoms with Gasteiger partial charge in [0.15, 0.2) is 0 Å². The minimum atomic E-state index is -0.431. The Labute approximate surface area is 207 Å². The van der Waals surface area contributed by atoms with Crippen LogP contribution in [-0.4, -0.2) is 35.5 Å². The molecule has 0 radical (unpaired) electrons. The highest BCUT2D eigenvalue weighted by atomic mass is 35.5. The summed E-state index contributed by atoms with van der Waals surface area (Å²) in [6.45, 7) is 9.77. The van der Waals surface area contributed by atoms with Crippen LogP contribution in [0.3, 0.4) is 0 Å². The number of amides is 3. The monoisotopic (exact) mass is 488 g/mol. The quantitative estimate of drug-likeness (QED) is 0.489. The van der Waals surface area contributed by atoms with Gasteiger partial charge in [-0.05, 0) is 45.2 Å². The van der Waals surface area contributed by atoms with E-state index in [2.05, 4.69) is 40.8 Å². The maximum Gasteiger partial charge on any atom is 0.319 e. The SMILES string of the molecule is CC.CC(C)N(Cc1cc2cc(Cl)c3c(c2o1)C1(CCCCC1)NC(=O)N3)CC1CCC(=O)N1. The molecule has 1 aromatic carbocycles. The molecule has 3 aliphatic rings. The molecule has 1 spiro atoms. The van der Waals surface area contributed by atoms with Crippen molar-refractivity contribution < 1.29 is 14.0 Å². The molecule has 34 heavy (non-hydrogen) atoms. The molecule has 1 saturated carbocycles. The lowest BCUT2D eigenvalue weighted by Crippen LogP contribution is -2.52. The second-order valence-electron chi connectivity index (χ2n) is 9.79. The fourth-order valence-electron chi connectivity index (χ4n) is 5.57. The lowest BCUT2D eigenvalue weighted by molar-refractivity contribution is -0.119. The Kier molecular flexibility index (Phi) is 7.43. The van der Waals surface area contributed by atoms with E-state index in [1.165, 1.54) is 6.42 Å². The third-order valence-electron chi connectivity index (χ3n) is 7.22. The fourth-order valence-corrected chi connectivity index (χ4v) is 5.83. The molecule has 186 valence electrons. The smallest absolute Gasteiger partial charge is 0.319 e. The van der Waals surface area contributed by atoms with E-state index in [9.17, 15) is 9.59 Å². The normalized spacial score (nSPS) is 21.2. The molecule has 2 aromatic rings. The zero-order valence-corrected chi connectivity index (χ0v) is 21.5. The molecule has 7 nitrogen and oxygen atoms in total. The Morgan fingerprint density at radius 3 is 2.56 bits per heavy atom. The van der Waals surface area contributed by atoms with E-state index in [-0.39, 0.29) is 18.0 Å². The van der Waals surface area contributed by atoms with Crippen LogP contribution < -0.4 is 16.0 Å². The number of carbonyl (C=O) groups excluding carboxylic acids is 2. The molecular weight excluding hydrogens is 452 g/mol. The van der Waals surface area contributed by atoms with Crippen LogP contribution in [-0.2, 0) is 16.9 Å². The van der Waals surface area contributed by atoms with Gasteiger partial charge in [0.2, 0.25) is 5.91 Å². The zero-order chi connectivity index (χ0) is 24.5. The van der Waals surface area contributed by atoms with Gasteiger partial charge in [0, 0.05) is 36.0 Å². The summed E-state index contributed by atoms with van der Waals surface area (Å²) in [6.07, 6.45) is 6.56. The Morgan fingerprint density at radius 1 is 1.18 bits per heavy atom. The van der Waals surface area contributed by atoms with Crippen molar-refractivity contribution in [2.45, 2.75) is 96.8 Å². The lowest BCUT2D eigenvalue weighted by atomic mass is 9.74. The van der Waals surface area contributed by atoms with Crippen molar-refractivity contribution in [3.05, 3.63) is 28.5 Å². The van der Waals surface area contributed by atoms with Crippen LogP contribution in [0.5, 0.6) is 0 Å². The van der Waals surface area contributed by atoms with E-state index in [0.29, 0.717) is 29.7 Å². The Bertz CT molecular complexity index is 1060. The van der Waals surface area contributed by atoms with Crippen molar-refractivity contribution in [1.82, 2.24) is 15.5 Å². The number of nitrogens with one attached hydrogen (secondary N) is 3. The molecule has 2 fully saturated rings. The highest BCUT2D eigenvalue weighted by Gasteiger charge is 2.43. The number of halogens is 1. The number of hydrogen-bond donors (Lipinski definition) is 3. The van der Waals surface area contributed by atoms with Gasteiger partial charge in [-0.1, -0.05) is 44.7 Å². The summed E-state index contributed by atoms with van der Waals surface area (Å²) >= 11 is 6.65. The summed E-state index contributed by atoms with van der Waals surface area (Å²) < 4.78 is 6.47. The van der Waals surface area contributed by atoms with Gasteiger partial charge in [-0.3, -0.25) is 9.69 Å². The number of carbonyl (C=O) groups is 2. The third-order valence-corrected chi connectivity index (χ3v) is 7.51. The van der Waals surface area contributed by atoms with Crippen molar-refractivity contribution in [3.8, 4) is 0 Å². The molecule has 0 bridgehead atoms. The molecule has 2 aliphatic heterocycles. The van der Waals surface area contributed by atoms with Gasteiger partial charge >= 0.3 is 6.03 Å². The average Bonchev–Trinajstić information content (AvgIpc) is 3.40. The van der Waals surface area contributed by atoms with Crippen molar-refractivity contribution in [1.29, 1.82) is 0 Å². The van der Waals surface area contributed by atoms with E-state index < -0.39 is 5.54 Å². The first kappa shape index (κ1) is 24.9. The van der Waals surface area contributed by atoms with Gasteiger partial charge < -0.3 is 20.4 Å². The molecular formula is C26H37ClN4O3. The number of anilines is 1. The van der Waals surface area contributed by atoms with Crippen LogP contribution in [0.15, 0.2) is 16.5 Å². The van der Waals surface area contributed by atoms with E-state index >= 15 is 0 Å². The van der Waals surface area contributed by atoms with Crippen LogP contribution >= 0.6 is 11.6 Å². The van der Waals surface area contributed by atoms with Crippen molar-refractivity contribution in [2.24, 2.45) is 0 Å². The van der Waals surface area contributed by atoms with E-state index in [1.54, 1.807) is 0 Å². The van der Waals surface area contributed by atoms with E-state index in [4.69, 9.17) is 16.0 Å². The molecule has 3 heterocycles. The second kappa shape index (κ2) is 10.2. The van der Waals surface area contributed by atoms with Crippen molar-refractivity contribution >= 4 is 40.2 Å². The lowest BCUT2D eigenvalue weighted by Gasteiger charge is -2.42. The van der Waals surface area contributed by atoms with Gasteiger partial charge in [0.05, 0.1) is 22.8 Å².